The Hall–Kier alpha value is -2.48. The third kappa shape index (κ3) is 5.21. The number of nitrogens with zero attached hydrogens (tertiary/aromatic N) is 1. The Balaban J connectivity index is 1.64. The number of carbonyl (C=O) groups excluding carboxylic acids is 2. The maximum absolute atomic E-state index is 13.0. The maximum Gasteiger partial charge on any atom is 0.309 e. The molecule has 7 heteroatoms. The summed E-state index contributed by atoms with van der Waals surface area (Å²) in [5.74, 6) is -0.208. The minimum absolute atomic E-state index is 0.0345. The molecule has 1 fully saturated rings. The maximum atomic E-state index is 13.0. The van der Waals surface area contributed by atoms with E-state index >= 15 is 0 Å². The van der Waals surface area contributed by atoms with Crippen molar-refractivity contribution in [3.8, 4) is 0 Å². The van der Waals surface area contributed by atoms with Crippen molar-refractivity contribution in [2.24, 2.45) is 5.92 Å². The van der Waals surface area contributed by atoms with Gasteiger partial charge < -0.3 is 10.1 Å². The zero-order chi connectivity index (χ0) is 23.4. The molecule has 2 aromatic heterocycles. The lowest BCUT2D eigenvalue weighted by molar-refractivity contribution is -0.149. The van der Waals surface area contributed by atoms with Gasteiger partial charge in [0.05, 0.1) is 18.6 Å². The van der Waals surface area contributed by atoms with E-state index in [0.29, 0.717) is 12.2 Å². The summed E-state index contributed by atoms with van der Waals surface area (Å²) in [5.41, 5.74) is 3.03. The molecule has 1 aromatic carbocycles. The minimum atomic E-state index is -0.0935. The number of esters is 1. The van der Waals surface area contributed by atoms with Crippen LogP contribution < -0.4 is 5.32 Å². The van der Waals surface area contributed by atoms with Crippen LogP contribution in [0, 0.1) is 19.8 Å². The van der Waals surface area contributed by atoms with Crippen molar-refractivity contribution in [3.63, 3.8) is 0 Å². The molecule has 0 unspecified atom stereocenters. The van der Waals surface area contributed by atoms with E-state index < -0.39 is 0 Å². The molecule has 1 amide bonds. The van der Waals surface area contributed by atoms with Crippen LogP contribution in [0.3, 0.4) is 0 Å². The van der Waals surface area contributed by atoms with Gasteiger partial charge in [0, 0.05) is 20.9 Å². The van der Waals surface area contributed by atoms with Crippen LogP contribution in [0.25, 0.3) is 0 Å². The fourth-order valence-corrected chi connectivity index (χ4v) is 6.39. The van der Waals surface area contributed by atoms with Gasteiger partial charge in [-0.3, -0.25) is 14.5 Å². The van der Waals surface area contributed by atoms with Crippen molar-refractivity contribution in [1.82, 2.24) is 4.90 Å². The summed E-state index contributed by atoms with van der Waals surface area (Å²) in [6, 6.07) is 13.6. The summed E-state index contributed by atoms with van der Waals surface area (Å²) in [7, 11) is 0. The molecule has 0 bridgehead atoms. The van der Waals surface area contributed by atoms with E-state index in [0.717, 1.165) is 30.9 Å². The smallest absolute Gasteiger partial charge is 0.309 e. The summed E-state index contributed by atoms with van der Waals surface area (Å²) in [6.07, 6.45) is 1.57. The van der Waals surface area contributed by atoms with Crippen LogP contribution in [-0.4, -0.2) is 36.5 Å². The molecule has 0 spiro atoms. The molecule has 1 saturated heterocycles. The van der Waals surface area contributed by atoms with Gasteiger partial charge in [0.1, 0.15) is 5.00 Å². The quantitative estimate of drug-likeness (QED) is 0.417. The SMILES string of the molecule is CCOC(=O)C1CCN([C@H](c2cccs2)c2c(NC(=O)c3ccccc3)sc(C)c2C)CC1. The normalized spacial score (nSPS) is 15.8. The predicted molar refractivity (Wildman–Crippen MR) is 135 cm³/mol. The summed E-state index contributed by atoms with van der Waals surface area (Å²) in [5, 5.41) is 6.21. The molecular formula is C26H30N2O3S2. The van der Waals surface area contributed by atoms with Gasteiger partial charge in [-0.1, -0.05) is 24.3 Å². The van der Waals surface area contributed by atoms with E-state index in [2.05, 4.69) is 41.6 Å². The zero-order valence-corrected chi connectivity index (χ0v) is 20.9. The molecule has 3 aromatic rings. The minimum Gasteiger partial charge on any atom is -0.466 e. The van der Waals surface area contributed by atoms with E-state index in [1.165, 1.54) is 20.9 Å². The number of benzene rings is 1. The van der Waals surface area contributed by atoms with Crippen molar-refractivity contribution in [2.75, 3.05) is 25.0 Å². The monoisotopic (exact) mass is 482 g/mol. The molecule has 174 valence electrons. The zero-order valence-electron chi connectivity index (χ0n) is 19.3. The number of hydrogen-bond donors (Lipinski definition) is 1. The number of thiophene rings is 2. The van der Waals surface area contributed by atoms with Crippen LogP contribution in [0.2, 0.25) is 0 Å². The Morgan fingerprint density at radius 2 is 1.85 bits per heavy atom. The van der Waals surface area contributed by atoms with Crippen molar-refractivity contribution in [1.29, 1.82) is 0 Å². The Morgan fingerprint density at radius 3 is 2.48 bits per heavy atom. The number of aryl methyl sites for hydroxylation is 1. The molecule has 1 aliphatic heterocycles. The number of piperidine rings is 1. The van der Waals surface area contributed by atoms with Gasteiger partial charge in [-0.2, -0.15) is 0 Å². The lowest BCUT2D eigenvalue weighted by atomic mass is 9.93. The first kappa shape index (κ1) is 23.7. The highest BCUT2D eigenvalue weighted by Crippen LogP contribution is 2.44. The van der Waals surface area contributed by atoms with Crippen LogP contribution in [-0.2, 0) is 9.53 Å². The van der Waals surface area contributed by atoms with Crippen molar-refractivity contribution in [2.45, 2.75) is 39.7 Å². The van der Waals surface area contributed by atoms with Gasteiger partial charge in [0.2, 0.25) is 0 Å². The van der Waals surface area contributed by atoms with Gasteiger partial charge >= 0.3 is 5.97 Å². The number of amides is 1. The average Bonchev–Trinajstić information content (AvgIpc) is 3.45. The molecule has 0 saturated carbocycles. The first-order valence-electron chi connectivity index (χ1n) is 11.4. The number of ether oxygens (including phenoxy) is 1. The van der Waals surface area contributed by atoms with Gasteiger partial charge in [0.25, 0.3) is 5.91 Å². The van der Waals surface area contributed by atoms with Crippen molar-refractivity contribution >= 4 is 39.6 Å². The lowest BCUT2D eigenvalue weighted by Gasteiger charge is -2.37. The Morgan fingerprint density at radius 1 is 1.12 bits per heavy atom. The average molecular weight is 483 g/mol. The van der Waals surface area contributed by atoms with Crippen LogP contribution in [0.5, 0.6) is 0 Å². The molecule has 1 N–H and O–H groups in total. The fraction of sp³-hybridized carbons (Fsp3) is 0.385. The number of carbonyl (C=O) groups is 2. The Labute approximate surface area is 203 Å². The van der Waals surface area contributed by atoms with E-state index in [9.17, 15) is 9.59 Å². The van der Waals surface area contributed by atoms with Crippen molar-refractivity contribution in [3.05, 3.63) is 74.3 Å². The molecule has 33 heavy (non-hydrogen) atoms. The molecule has 3 heterocycles. The second-order valence-corrected chi connectivity index (χ2v) is 10.5. The third-order valence-corrected chi connectivity index (χ3v) is 8.36. The van der Waals surface area contributed by atoms with E-state index in [1.807, 2.05) is 37.3 Å². The summed E-state index contributed by atoms with van der Waals surface area (Å²) in [4.78, 5) is 30.1. The van der Waals surface area contributed by atoms with Gasteiger partial charge in [-0.15, -0.1) is 22.7 Å². The van der Waals surface area contributed by atoms with E-state index in [1.54, 1.807) is 22.7 Å². The lowest BCUT2D eigenvalue weighted by Crippen LogP contribution is -2.39. The first-order chi connectivity index (χ1) is 16.0. The van der Waals surface area contributed by atoms with Crippen molar-refractivity contribution < 1.29 is 14.3 Å². The highest BCUT2D eigenvalue weighted by molar-refractivity contribution is 7.16. The largest absolute Gasteiger partial charge is 0.466 e. The fourth-order valence-electron chi connectivity index (χ4n) is 4.44. The first-order valence-corrected chi connectivity index (χ1v) is 13.1. The van der Waals surface area contributed by atoms with Gasteiger partial charge in [0.15, 0.2) is 0 Å². The number of nitrogens with one attached hydrogen (secondary N) is 1. The van der Waals surface area contributed by atoms with Crippen LogP contribution in [0.4, 0.5) is 5.00 Å². The van der Waals surface area contributed by atoms with Crippen LogP contribution in [0.1, 0.15) is 57.0 Å². The van der Waals surface area contributed by atoms with Gasteiger partial charge in [-0.25, -0.2) is 0 Å². The summed E-state index contributed by atoms with van der Waals surface area (Å²) in [6.45, 7) is 8.16. The molecule has 5 nitrogen and oxygen atoms in total. The van der Waals surface area contributed by atoms with Gasteiger partial charge in [-0.05, 0) is 75.8 Å². The van der Waals surface area contributed by atoms with Crippen LogP contribution in [0.15, 0.2) is 47.8 Å². The third-order valence-electron chi connectivity index (χ3n) is 6.30. The summed E-state index contributed by atoms with van der Waals surface area (Å²) >= 11 is 3.37. The van der Waals surface area contributed by atoms with Crippen LogP contribution >= 0.6 is 22.7 Å². The predicted octanol–water partition coefficient (Wildman–Crippen LogP) is 6.04. The Kier molecular flexibility index (Phi) is 7.63. The molecule has 1 aliphatic rings. The molecular weight excluding hydrogens is 452 g/mol. The molecule has 4 rings (SSSR count). The topological polar surface area (TPSA) is 58.6 Å². The van der Waals surface area contributed by atoms with E-state index in [-0.39, 0.29) is 23.8 Å². The second kappa shape index (κ2) is 10.6. The number of anilines is 1. The Bertz CT molecular complexity index is 1080. The molecule has 1 atom stereocenters. The summed E-state index contributed by atoms with van der Waals surface area (Å²) < 4.78 is 5.26. The number of likely N-dealkylation sites (tertiary alicyclic amines) is 1. The van der Waals surface area contributed by atoms with E-state index in [4.69, 9.17) is 4.74 Å². The molecule has 0 aliphatic carbocycles. The number of hydrogen-bond acceptors (Lipinski definition) is 6. The standard InChI is InChI=1S/C26H30N2O3S2/c1-4-31-26(30)20-12-14-28(15-13-20)23(21-11-8-16-32-21)22-17(2)18(3)33-25(22)27-24(29)19-9-6-5-7-10-19/h5-11,16,20,23H,4,12-15H2,1-3H3,(H,27,29)/t23-/m1/s1. The highest BCUT2D eigenvalue weighted by atomic mass is 32.1. The molecule has 0 radical (unpaired) electrons. The second-order valence-electron chi connectivity index (χ2n) is 8.33. The highest BCUT2D eigenvalue weighted by Gasteiger charge is 2.34. The number of rotatable bonds is 7.